The van der Waals surface area contributed by atoms with Crippen molar-refractivity contribution in [3.63, 3.8) is 0 Å². The Balaban J connectivity index is 1.30. The van der Waals surface area contributed by atoms with Crippen LogP contribution in [0.5, 0.6) is 0 Å². The highest BCUT2D eigenvalue weighted by Gasteiger charge is 2.51. The van der Waals surface area contributed by atoms with Gasteiger partial charge in [0.15, 0.2) is 18.7 Å². The first-order chi connectivity index (χ1) is 26.3. The Morgan fingerprint density at radius 2 is 1.58 bits per heavy atom. The topological polar surface area (TPSA) is 296 Å². The number of carboxylic acids is 1. The maximum absolute atomic E-state index is 12.7. The minimum absolute atomic E-state index is 0.0117. The molecular weight excluding hydrogens is 736 g/mol. The first kappa shape index (κ1) is 43.0. The standard InChI is InChI=1S/C35H52N2O18/c1-17-25(39)27(41)28(42)33(51-17)55-30-21(11-12-49-23(30)14-36-35(46)50-16-19-7-9-20(10-8-19)37(47)48)53-34-29(43)31(26(40)24(15-38)54-34)52-22(32(44)45)13-18-5-3-2-4-6-18/h7-10,17-18,21-31,33-34,38-43H,2-6,11-16H2,1H3,(H,36,46)(H,44,45). The number of hydrogen-bond donors (Lipinski definition) is 8. The van der Waals surface area contributed by atoms with E-state index < -0.39 is 109 Å². The number of nitrogens with zero attached hydrogens (tertiary/aromatic N) is 1. The Bertz CT molecular complexity index is 1400. The largest absolute Gasteiger partial charge is 0.479 e. The molecule has 20 heteroatoms. The molecule has 3 heterocycles. The van der Waals surface area contributed by atoms with Crippen molar-refractivity contribution in [3.8, 4) is 0 Å². The minimum atomic E-state index is -1.77. The van der Waals surface area contributed by atoms with E-state index in [2.05, 4.69) is 5.32 Å². The van der Waals surface area contributed by atoms with E-state index in [1.807, 2.05) is 0 Å². The summed E-state index contributed by atoms with van der Waals surface area (Å²) in [5, 5.41) is 87.4. The van der Waals surface area contributed by atoms with E-state index >= 15 is 0 Å². The molecule has 3 saturated heterocycles. The quantitative estimate of drug-likeness (QED) is 0.0817. The summed E-state index contributed by atoms with van der Waals surface area (Å²) in [6.07, 6.45) is -16.1. The van der Waals surface area contributed by atoms with Crippen LogP contribution in [0.3, 0.4) is 0 Å². The Kier molecular flexibility index (Phi) is 15.5. The fourth-order valence-electron chi connectivity index (χ4n) is 7.34. The molecule has 1 aromatic rings. The predicted octanol–water partition coefficient (Wildman–Crippen LogP) is -0.544. The number of aliphatic carboxylic acids is 1. The molecular formula is C35H52N2O18. The number of carboxylic acid groups (broad SMARTS) is 1. The van der Waals surface area contributed by atoms with Crippen LogP contribution >= 0.6 is 0 Å². The fraction of sp³-hybridized carbons (Fsp3) is 0.771. The molecule has 0 bridgehead atoms. The molecule has 4 fully saturated rings. The van der Waals surface area contributed by atoms with E-state index in [4.69, 9.17) is 33.2 Å². The Labute approximate surface area is 316 Å². The highest BCUT2D eigenvalue weighted by atomic mass is 16.7. The zero-order chi connectivity index (χ0) is 39.8. The van der Waals surface area contributed by atoms with Gasteiger partial charge in [-0.25, -0.2) is 9.59 Å². The number of carbonyl (C=O) groups is 2. The van der Waals surface area contributed by atoms with Gasteiger partial charge < -0.3 is 74.2 Å². The molecule has 1 aromatic carbocycles. The lowest BCUT2D eigenvalue weighted by Gasteiger charge is -2.47. The van der Waals surface area contributed by atoms with Crippen LogP contribution in [0.15, 0.2) is 24.3 Å². The van der Waals surface area contributed by atoms with E-state index in [1.54, 1.807) is 0 Å². The molecule has 0 radical (unpaired) electrons. The lowest BCUT2D eigenvalue weighted by atomic mass is 9.85. The van der Waals surface area contributed by atoms with Crippen molar-refractivity contribution in [1.82, 2.24) is 5.32 Å². The van der Waals surface area contributed by atoms with Crippen LogP contribution in [0.4, 0.5) is 10.5 Å². The summed E-state index contributed by atoms with van der Waals surface area (Å²) >= 11 is 0. The molecule has 20 nitrogen and oxygen atoms in total. The fourth-order valence-corrected chi connectivity index (χ4v) is 7.34. The van der Waals surface area contributed by atoms with Crippen molar-refractivity contribution in [2.24, 2.45) is 5.92 Å². The van der Waals surface area contributed by atoms with E-state index in [0.29, 0.717) is 5.56 Å². The van der Waals surface area contributed by atoms with Crippen molar-refractivity contribution in [3.05, 3.63) is 39.9 Å². The second-order valence-electron chi connectivity index (χ2n) is 14.4. The summed E-state index contributed by atoms with van der Waals surface area (Å²) in [6, 6.07) is 5.39. The average Bonchev–Trinajstić information content (AvgIpc) is 3.17. The molecule has 5 rings (SSSR count). The first-order valence-corrected chi connectivity index (χ1v) is 18.5. The van der Waals surface area contributed by atoms with E-state index in [0.717, 1.165) is 32.1 Å². The predicted molar refractivity (Wildman–Crippen MR) is 183 cm³/mol. The molecule has 14 unspecified atom stereocenters. The van der Waals surface area contributed by atoms with Crippen LogP contribution in [0.25, 0.3) is 0 Å². The van der Waals surface area contributed by atoms with Crippen LogP contribution in [0.1, 0.15) is 57.4 Å². The monoisotopic (exact) mass is 788 g/mol. The lowest BCUT2D eigenvalue weighted by molar-refractivity contribution is -0.384. The van der Waals surface area contributed by atoms with Gasteiger partial charge in [-0.05, 0) is 43.4 Å². The number of non-ortho nitro benzene ring substituents is 1. The minimum Gasteiger partial charge on any atom is -0.479 e. The summed E-state index contributed by atoms with van der Waals surface area (Å²) in [7, 11) is 0. The Hall–Kier alpha value is -3.12. The van der Waals surface area contributed by atoms with E-state index in [-0.39, 0.29) is 44.2 Å². The van der Waals surface area contributed by atoms with Gasteiger partial charge in [0.05, 0.1) is 23.7 Å². The van der Waals surface area contributed by atoms with Crippen molar-refractivity contribution in [2.75, 3.05) is 19.8 Å². The SMILES string of the molecule is CC1OC(OC2C(CNC(=O)OCc3ccc([N+](=O)[O-])cc3)OCCC2OC2OC(CO)C(O)C(OC(CC3CCCCC3)C(=O)O)C2O)C(O)C(O)C1O. The number of carbonyl (C=O) groups excluding carboxylic acids is 1. The molecule has 1 aliphatic carbocycles. The van der Waals surface area contributed by atoms with Gasteiger partial charge in [-0.15, -0.1) is 0 Å². The molecule has 8 N–H and O–H groups in total. The van der Waals surface area contributed by atoms with Crippen LogP contribution in [-0.2, 0) is 44.6 Å². The number of nitro groups is 1. The molecule has 1 saturated carbocycles. The molecule has 0 spiro atoms. The normalized spacial score (nSPS) is 36.5. The lowest BCUT2D eigenvalue weighted by Crippen LogP contribution is -2.64. The number of rotatable bonds is 15. The van der Waals surface area contributed by atoms with Gasteiger partial charge in [-0.2, -0.15) is 0 Å². The molecule has 55 heavy (non-hydrogen) atoms. The van der Waals surface area contributed by atoms with Gasteiger partial charge in [0.2, 0.25) is 0 Å². The second-order valence-corrected chi connectivity index (χ2v) is 14.4. The maximum Gasteiger partial charge on any atom is 0.407 e. The Morgan fingerprint density at radius 1 is 0.891 bits per heavy atom. The molecule has 4 aliphatic rings. The van der Waals surface area contributed by atoms with Gasteiger partial charge in [0, 0.05) is 25.3 Å². The van der Waals surface area contributed by atoms with Gasteiger partial charge >= 0.3 is 12.1 Å². The number of benzene rings is 1. The van der Waals surface area contributed by atoms with Crippen molar-refractivity contribution in [2.45, 2.75) is 144 Å². The number of aliphatic hydroxyl groups is 6. The number of nitrogens with one attached hydrogen (secondary N) is 1. The van der Waals surface area contributed by atoms with Crippen molar-refractivity contribution in [1.29, 1.82) is 0 Å². The number of ether oxygens (including phenoxy) is 7. The molecule has 1 amide bonds. The highest BCUT2D eigenvalue weighted by Crippen LogP contribution is 2.34. The van der Waals surface area contributed by atoms with Gasteiger partial charge in [0.25, 0.3) is 5.69 Å². The highest BCUT2D eigenvalue weighted by molar-refractivity contribution is 5.72. The number of amides is 1. The Morgan fingerprint density at radius 3 is 2.24 bits per heavy atom. The third-order valence-corrected chi connectivity index (χ3v) is 10.5. The van der Waals surface area contributed by atoms with E-state index in [9.17, 15) is 55.4 Å². The first-order valence-electron chi connectivity index (χ1n) is 18.5. The zero-order valence-electron chi connectivity index (χ0n) is 30.3. The second kappa shape index (κ2) is 19.8. The smallest absolute Gasteiger partial charge is 0.407 e. The van der Waals surface area contributed by atoms with Gasteiger partial charge in [0.1, 0.15) is 61.5 Å². The van der Waals surface area contributed by atoms with Crippen molar-refractivity contribution < 1.29 is 83.4 Å². The molecule has 14 atom stereocenters. The summed E-state index contributed by atoms with van der Waals surface area (Å²) in [4.78, 5) is 35.3. The van der Waals surface area contributed by atoms with Crippen molar-refractivity contribution >= 4 is 17.7 Å². The number of alkyl carbamates (subject to hydrolysis) is 1. The third kappa shape index (κ3) is 11.1. The number of nitro benzene ring substituents is 1. The molecule has 3 aliphatic heterocycles. The zero-order valence-corrected chi connectivity index (χ0v) is 30.3. The summed E-state index contributed by atoms with van der Waals surface area (Å²) < 4.78 is 40.7. The number of aliphatic hydroxyl groups excluding tert-OH is 6. The summed E-state index contributed by atoms with van der Waals surface area (Å²) in [5.41, 5.74) is 0.344. The van der Waals surface area contributed by atoms with Crippen LogP contribution in [-0.4, -0.2) is 158 Å². The molecule has 0 aromatic heterocycles. The summed E-state index contributed by atoms with van der Waals surface area (Å²) in [6.45, 7) is 0.232. The van der Waals surface area contributed by atoms with Gasteiger partial charge in [-0.3, -0.25) is 10.1 Å². The summed E-state index contributed by atoms with van der Waals surface area (Å²) in [5.74, 6) is -1.20. The average molecular weight is 789 g/mol. The third-order valence-electron chi connectivity index (χ3n) is 10.5. The number of hydrogen-bond acceptors (Lipinski definition) is 17. The van der Waals surface area contributed by atoms with Crippen LogP contribution in [0.2, 0.25) is 0 Å². The maximum atomic E-state index is 12.7. The van der Waals surface area contributed by atoms with Crippen LogP contribution < -0.4 is 5.32 Å². The van der Waals surface area contributed by atoms with Gasteiger partial charge in [-0.1, -0.05) is 32.1 Å². The van der Waals surface area contributed by atoms with Crippen LogP contribution in [0, 0.1) is 16.0 Å². The van der Waals surface area contributed by atoms with E-state index in [1.165, 1.54) is 31.2 Å². The molecule has 310 valence electrons.